The maximum absolute atomic E-state index is 12.7. The molecule has 0 aromatic heterocycles. The van der Waals surface area contributed by atoms with Crippen molar-refractivity contribution in [3.63, 3.8) is 0 Å². The Kier molecular flexibility index (Phi) is 6.30. The average molecular weight is 487 g/mol. The van der Waals surface area contributed by atoms with Gasteiger partial charge in [-0.05, 0) is 118 Å². The summed E-state index contributed by atoms with van der Waals surface area (Å²) in [6.07, 6.45) is 11.5. The molecule has 1 aromatic carbocycles. The third-order valence-electron chi connectivity index (χ3n) is 10.3. The molecule has 0 heterocycles. The minimum Gasteiger partial charge on any atom is -0.390 e. The second kappa shape index (κ2) is 8.74. The van der Waals surface area contributed by atoms with Gasteiger partial charge in [-0.25, -0.2) is 0 Å². The van der Waals surface area contributed by atoms with E-state index >= 15 is 0 Å². The van der Waals surface area contributed by atoms with Gasteiger partial charge in [0.05, 0.1) is 17.1 Å². The smallest absolute Gasteiger partial charge is 0.296 e. The normalized spacial score (nSPS) is 40.6. The van der Waals surface area contributed by atoms with Gasteiger partial charge in [-0.1, -0.05) is 43.2 Å². The summed E-state index contributed by atoms with van der Waals surface area (Å²) in [5.74, 6) is 3.61. The Morgan fingerprint density at radius 2 is 1.79 bits per heavy atom. The molecule has 0 saturated heterocycles. The third kappa shape index (κ3) is 4.30. The summed E-state index contributed by atoms with van der Waals surface area (Å²) in [6.45, 7) is 8.89. The Hall–Kier alpha value is -1.17. The van der Waals surface area contributed by atoms with E-state index in [2.05, 4.69) is 19.9 Å². The van der Waals surface area contributed by atoms with Crippen molar-refractivity contribution in [1.82, 2.24) is 0 Å². The molecular formula is C29H42O4S. The average Bonchev–Trinajstić information content (AvgIpc) is 3.14. The highest BCUT2D eigenvalue weighted by atomic mass is 32.2. The van der Waals surface area contributed by atoms with Crippen LogP contribution in [-0.2, 0) is 14.3 Å². The summed E-state index contributed by atoms with van der Waals surface area (Å²) in [5, 5.41) is 10.6. The van der Waals surface area contributed by atoms with Crippen LogP contribution in [0.4, 0.5) is 0 Å². The quantitative estimate of drug-likeness (QED) is 0.393. The number of fused-ring (bicyclic) bond motifs is 5. The monoisotopic (exact) mass is 486 g/mol. The van der Waals surface area contributed by atoms with Crippen LogP contribution in [-0.4, -0.2) is 25.7 Å². The third-order valence-corrected chi connectivity index (χ3v) is 11.6. The number of allylic oxidation sites excluding steroid dienone is 1. The highest BCUT2D eigenvalue weighted by Gasteiger charge is 2.57. The zero-order valence-corrected chi connectivity index (χ0v) is 22.1. The van der Waals surface area contributed by atoms with Crippen molar-refractivity contribution in [3.05, 3.63) is 41.5 Å². The van der Waals surface area contributed by atoms with Gasteiger partial charge in [-0.15, -0.1) is 0 Å². The zero-order chi connectivity index (χ0) is 24.3. The molecule has 4 nitrogen and oxygen atoms in total. The lowest BCUT2D eigenvalue weighted by molar-refractivity contribution is -0.0426. The topological polar surface area (TPSA) is 63.6 Å². The van der Waals surface area contributed by atoms with Crippen molar-refractivity contribution in [2.45, 2.75) is 89.6 Å². The molecule has 1 N–H and O–H groups in total. The summed E-state index contributed by atoms with van der Waals surface area (Å²) >= 11 is 0. The van der Waals surface area contributed by atoms with E-state index in [1.807, 2.05) is 26.0 Å². The minimum absolute atomic E-state index is 0.214. The maximum Gasteiger partial charge on any atom is 0.296 e. The van der Waals surface area contributed by atoms with Gasteiger partial charge in [0.15, 0.2) is 0 Å². The van der Waals surface area contributed by atoms with Crippen LogP contribution in [0, 0.1) is 47.8 Å². The molecular weight excluding hydrogens is 444 g/mol. The van der Waals surface area contributed by atoms with E-state index in [-0.39, 0.29) is 22.8 Å². The van der Waals surface area contributed by atoms with Crippen LogP contribution in [0.15, 0.2) is 40.8 Å². The molecule has 3 fully saturated rings. The molecule has 0 radical (unpaired) electrons. The number of hydrogen-bond donors (Lipinski definition) is 1. The largest absolute Gasteiger partial charge is 0.390 e. The molecule has 5 heteroatoms. The Balaban J connectivity index is 1.27. The number of aliphatic hydroxyl groups is 1. The Morgan fingerprint density at radius 1 is 1.06 bits per heavy atom. The molecule has 8 atom stereocenters. The van der Waals surface area contributed by atoms with Gasteiger partial charge in [0, 0.05) is 0 Å². The van der Waals surface area contributed by atoms with Crippen LogP contribution in [0.25, 0.3) is 0 Å². The minimum atomic E-state index is -3.72. The van der Waals surface area contributed by atoms with Crippen LogP contribution in [0.1, 0.15) is 77.7 Å². The van der Waals surface area contributed by atoms with Crippen molar-refractivity contribution >= 4 is 10.1 Å². The zero-order valence-electron chi connectivity index (χ0n) is 21.3. The van der Waals surface area contributed by atoms with Crippen molar-refractivity contribution < 1.29 is 17.7 Å². The molecule has 0 aliphatic heterocycles. The standard InChI is InChI=1S/C29H42O4S/c1-19-5-8-22(9-6-19)34(31,32)33-18-20(2)26-11-12-27-25-10-7-21-17-28(3,30)15-13-23(21)24(25)14-16-29(26,27)4/h5-9,20,23-27,30H,10-18H2,1-4H3/t20-,23+,24-,25-,26-,27+,28+,29-/m1/s1. The highest BCUT2D eigenvalue weighted by Crippen LogP contribution is 2.64. The first-order chi connectivity index (χ1) is 16.0. The van der Waals surface area contributed by atoms with Crippen molar-refractivity contribution in [2.75, 3.05) is 6.61 Å². The summed E-state index contributed by atoms with van der Waals surface area (Å²) < 4.78 is 31.1. The number of benzene rings is 1. The molecule has 1 aromatic rings. The SMILES string of the molecule is Cc1ccc(S(=O)(=O)OC[C@@H](C)[C@H]2CC[C@H]3[C@@H]4CC=C5C[C@@](C)(O)CC[C@@H]5[C@H]4CC[C@]23C)cc1. The molecule has 0 unspecified atom stereocenters. The van der Waals surface area contributed by atoms with Crippen molar-refractivity contribution in [2.24, 2.45) is 40.9 Å². The molecule has 188 valence electrons. The molecule has 4 aliphatic carbocycles. The first kappa shape index (κ1) is 24.5. The molecule has 3 saturated carbocycles. The van der Waals surface area contributed by atoms with Gasteiger partial charge in [-0.2, -0.15) is 8.42 Å². The number of hydrogen-bond acceptors (Lipinski definition) is 4. The van der Waals surface area contributed by atoms with E-state index in [0.29, 0.717) is 17.8 Å². The fourth-order valence-corrected chi connectivity index (χ4v) is 9.53. The first-order valence-corrected chi connectivity index (χ1v) is 14.8. The summed E-state index contributed by atoms with van der Waals surface area (Å²) in [5.41, 5.74) is 2.31. The van der Waals surface area contributed by atoms with E-state index in [1.165, 1.54) is 31.3 Å². The van der Waals surface area contributed by atoms with E-state index in [0.717, 1.165) is 43.1 Å². The van der Waals surface area contributed by atoms with Gasteiger partial charge in [0.1, 0.15) is 0 Å². The van der Waals surface area contributed by atoms with Crippen molar-refractivity contribution in [1.29, 1.82) is 0 Å². The summed E-state index contributed by atoms with van der Waals surface area (Å²) in [7, 11) is -3.72. The molecule has 0 spiro atoms. The first-order valence-electron chi connectivity index (χ1n) is 13.4. The van der Waals surface area contributed by atoms with E-state index in [1.54, 1.807) is 12.1 Å². The van der Waals surface area contributed by atoms with Gasteiger partial charge in [-0.3, -0.25) is 4.18 Å². The van der Waals surface area contributed by atoms with E-state index in [9.17, 15) is 13.5 Å². The van der Waals surface area contributed by atoms with E-state index in [4.69, 9.17) is 4.18 Å². The van der Waals surface area contributed by atoms with Gasteiger partial charge >= 0.3 is 0 Å². The second-order valence-corrected chi connectivity index (χ2v) is 14.1. The Bertz CT molecular complexity index is 1040. The molecule has 34 heavy (non-hydrogen) atoms. The summed E-state index contributed by atoms with van der Waals surface area (Å²) in [6, 6.07) is 6.91. The Labute approximate surface area is 206 Å². The Morgan fingerprint density at radius 3 is 2.53 bits per heavy atom. The van der Waals surface area contributed by atoms with Gasteiger partial charge in [0.2, 0.25) is 0 Å². The lowest BCUT2D eigenvalue weighted by Gasteiger charge is -2.55. The van der Waals surface area contributed by atoms with Crippen molar-refractivity contribution in [3.8, 4) is 0 Å². The lowest BCUT2D eigenvalue weighted by atomic mass is 9.50. The van der Waals surface area contributed by atoms with Gasteiger partial charge < -0.3 is 5.11 Å². The van der Waals surface area contributed by atoms with Crippen LogP contribution in [0.2, 0.25) is 0 Å². The predicted molar refractivity (Wildman–Crippen MR) is 135 cm³/mol. The molecule has 4 aliphatic rings. The van der Waals surface area contributed by atoms with Crippen LogP contribution in [0.3, 0.4) is 0 Å². The fourth-order valence-electron chi connectivity index (χ4n) is 8.53. The van der Waals surface area contributed by atoms with Crippen LogP contribution < -0.4 is 0 Å². The molecule has 5 rings (SSSR count). The highest BCUT2D eigenvalue weighted by molar-refractivity contribution is 7.86. The number of rotatable bonds is 5. The number of aryl methyl sites for hydroxylation is 1. The fraction of sp³-hybridized carbons (Fsp3) is 0.724. The second-order valence-electron chi connectivity index (χ2n) is 12.5. The lowest BCUT2D eigenvalue weighted by Crippen LogP contribution is -2.48. The van der Waals surface area contributed by atoms with Gasteiger partial charge in [0.25, 0.3) is 10.1 Å². The van der Waals surface area contributed by atoms with Crippen LogP contribution >= 0.6 is 0 Å². The van der Waals surface area contributed by atoms with E-state index < -0.39 is 15.7 Å². The molecule has 0 amide bonds. The predicted octanol–water partition coefficient (Wildman–Crippen LogP) is 6.28. The van der Waals surface area contributed by atoms with Crippen LogP contribution in [0.5, 0.6) is 0 Å². The maximum atomic E-state index is 12.7. The summed E-state index contributed by atoms with van der Waals surface area (Å²) in [4.78, 5) is 0.248. The molecule has 0 bridgehead atoms.